The first kappa shape index (κ1) is 23.6. The average Bonchev–Trinajstić information content (AvgIpc) is 3.66. The third kappa shape index (κ3) is 3.57. The lowest BCUT2D eigenvalue weighted by atomic mass is 9.82. The summed E-state index contributed by atoms with van der Waals surface area (Å²) in [5.74, 6) is -2.21. The number of carbonyl (C=O) groups is 3. The van der Waals surface area contributed by atoms with Crippen molar-refractivity contribution in [3.05, 3.63) is 53.0 Å². The first-order valence-electron chi connectivity index (χ1n) is 11.8. The first-order chi connectivity index (χ1) is 18.3. The van der Waals surface area contributed by atoms with Gasteiger partial charge in [0, 0.05) is 25.7 Å². The number of halogens is 1. The summed E-state index contributed by atoms with van der Waals surface area (Å²) in [5, 5.41) is 13.1. The number of fused-ring (bicyclic) bond motifs is 2. The number of imide groups is 1. The van der Waals surface area contributed by atoms with Gasteiger partial charge in [0.1, 0.15) is 22.4 Å². The van der Waals surface area contributed by atoms with Gasteiger partial charge in [-0.15, -0.1) is 5.10 Å². The number of methoxy groups -OCH3 is 1. The number of pyridine rings is 1. The average molecular weight is 520 g/mol. The molecule has 0 bridgehead atoms. The summed E-state index contributed by atoms with van der Waals surface area (Å²) in [6.07, 6.45) is -0.250. The summed E-state index contributed by atoms with van der Waals surface area (Å²) in [7, 11) is 1.31. The number of carbonyl (C=O) groups excluding carboxylic acids is 3. The fourth-order valence-corrected chi connectivity index (χ4v) is 4.88. The molecule has 1 atom stereocenters. The Morgan fingerprint density at radius 2 is 2.03 bits per heavy atom. The third-order valence-electron chi connectivity index (χ3n) is 6.70. The highest BCUT2D eigenvalue weighted by atomic mass is 19.1. The monoisotopic (exact) mass is 520 g/mol. The van der Waals surface area contributed by atoms with Crippen LogP contribution < -0.4 is 15.4 Å². The molecule has 12 nitrogen and oxygen atoms in total. The van der Waals surface area contributed by atoms with Gasteiger partial charge in [0.25, 0.3) is 11.8 Å². The summed E-state index contributed by atoms with van der Waals surface area (Å²) in [6.45, 7) is 2.35. The molecule has 1 aromatic carbocycles. The van der Waals surface area contributed by atoms with E-state index in [9.17, 15) is 18.8 Å². The largest absolute Gasteiger partial charge is 0.494 e. The standard InChI is InChI=1S/C25H21FN6O6/c1-3-27-24-31-30-21(38-24)13-5-7-15-14(28-13)8-17(37-15)25(9-18(33)29-23(25)35)11-32-10-12-4-6-16(36-2)20(26)19(12)22(32)34/h4-8H,3,9-11H2,1-2H3,(H,27,31)(H,29,33,35)/t25-/m1/s1. The molecule has 1 saturated heterocycles. The van der Waals surface area contributed by atoms with Crippen LogP contribution in [0.1, 0.15) is 35.0 Å². The maximum absolute atomic E-state index is 14.9. The first-order valence-corrected chi connectivity index (χ1v) is 11.8. The van der Waals surface area contributed by atoms with Crippen LogP contribution in [-0.4, -0.2) is 58.0 Å². The van der Waals surface area contributed by atoms with Gasteiger partial charge in [0.15, 0.2) is 17.1 Å². The molecule has 0 aliphatic carbocycles. The molecule has 38 heavy (non-hydrogen) atoms. The van der Waals surface area contributed by atoms with Crippen LogP contribution in [0.4, 0.5) is 10.4 Å². The number of ether oxygens (including phenoxy) is 1. The third-order valence-corrected chi connectivity index (χ3v) is 6.70. The fraction of sp³-hybridized carbons (Fsp3) is 0.280. The van der Waals surface area contributed by atoms with Crippen molar-refractivity contribution >= 4 is 34.8 Å². The van der Waals surface area contributed by atoms with E-state index in [0.29, 0.717) is 28.9 Å². The summed E-state index contributed by atoms with van der Waals surface area (Å²) in [5.41, 5.74) is -0.0549. The maximum Gasteiger partial charge on any atom is 0.315 e. The predicted octanol–water partition coefficient (Wildman–Crippen LogP) is 2.40. The van der Waals surface area contributed by atoms with Gasteiger partial charge in [-0.2, -0.15) is 0 Å². The van der Waals surface area contributed by atoms with Crippen molar-refractivity contribution in [3.63, 3.8) is 0 Å². The van der Waals surface area contributed by atoms with Crippen LogP contribution in [0.25, 0.3) is 22.7 Å². The zero-order valence-electron chi connectivity index (χ0n) is 20.3. The Morgan fingerprint density at radius 3 is 2.76 bits per heavy atom. The summed E-state index contributed by atoms with van der Waals surface area (Å²) in [4.78, 5) is 44.6. The van der Waals surface area contributed by atoms with E-state index in [1.165, 1.54) is 18.1 Å². The van der Waals surface area contributed by atoms with E-state index in [2.05, 4.69) is 25.8 Å². The Kier molecular flexibility index (Phi) is 5.36. The SMILES string of the molecule is CCNc1nnc(-c2ccc3oc([C@]4(CN5Cc6ccc(OC)c(F)c6C5=O)CC(=O)NC4=O)cc3n2)o1. The molecular weight excluding hydrogens is 499 g/mol. The number of furan rings is 1. The lowest BCUT2D eigenvalue weighted by Gasteiger charge is -2.28. The Labute approximate surface area is 214 Å². The van der Waals surface area contributed by atoms with Crippen LogP contribution in [-0.2, 0) is 21.5 Å². The smallest absolute Gasteiger partial charge is 0.315 e. The van der Waals surface area contributed by atoms with Crippen LogP contribution in [0.3, 0.4) is 0 Å². The molecule has 3 amide bonds. The molecular formula is C25H21FN6O6. The second-order valence-electron chi connectivity index (χ2n) is 9.05. The van der Waals surface area contributed by atoms with E-state index in [4.69, 9.17) is 13.6 Å². The van der Waals surface area contributed by atoms with Crippen molar-refractivity contribution < 1.29 is 32.3 Å². The van der Waals surface area contributed by atoms with Gasteiger partial charge in [-0.1, -0.05) is 11.2 Å². The number of nitrogens with zero attached hydrogens (tertiary/aromatic N) is 4. The van der Waals surface area contributed by atoms with E-state index in [1.807, 2.05) is 6.92 Å². The number of hydrogen-bond donors (Lipinski definition) is 2. The molecule has 194 valence electrons. The van der Waals surface area contributed by atoms with E-state index < -0.39 is 29.0 Å². The zero-order chi connectivity index (χ0) is 26.6. The van der Waals surface area contributed by atoms with Gasteiger partial charge in [-0.3, -0.25) is 19.7 Å². The summed E-state index contributed by atoms with van der Waals surface area (Å²) >= 11 is 0. The predicted molar refractivity (Wildman–Crippen MR) is 129 cm³/mol. The highest BCUT2D eigenvalue weighted by Crippen LogP contribution is 2.40. The molecule has 0 unspecified atom stereocenters. The van der Waals surface area contributed by atoms with Gasteiger partial charge in [0.05, 0.1) is 19.1 Å². The second kappa shape index (κ2) is 8.64. The molecule has 3 aromatic heterocycles. The van der Waals surface area contributed by atoms with Crippen molar-refractivity contribution in [2.24, 2.45) is 0 Å². The molecule has 6 rings (SSSR count). The molecule has 2 aliphatic heterocycles. The van der Waals surface area contributed by atoms with E-state index >= 15 is 0 Å². The molecule has 4 aromatic rings. The van der Waals surface area contributed by atoms with Crippen LogP contribution in [0, 0.1) is 5.82 Å². The number of nitrogens with one attached hydrogen (secondary N) is 2. The lowest BCUT2D eigenvalue weighted by Crippen LogP contribution is -2.46. The molecule has 0 spiro atoms. The Hall–Kier alpha value is -4.81. The highest BCUT2D eigenvalue weighted by Gasteiger charge is 2.53. The van der Waals surface area contributed by atoms with Crippen LogP contribution in [0.5, 0.6) is 5.75 Å². The topological polar surface area (TPSA) is 153 Å². The van der Waals surface area contributed by atoms with Gasteiger partial charge >= 0.3 is 6.01 Å². The lowest BCUT2D eigenvalue weighted by molar-refractivity contribution is -0.127. The van der Waals surface area contributed by atoms with Crippen molar-refractivity contribution in [1.82, 2.24) is 25.4 Å². The molecule has 0 saturated carbocycles. The number of hydrogen-bond acceptors (Lipinski definition) is 10. The number of rotatable bonds is 7. The van der Waals surface area contributed by atoms with Gasteiger partial charge in [-0.05, 0) is 30.7 Å². The van der Waals surface area contributed by atoms with Crippen LogP contribution in [0.15, 0.2) is 39.2 Å². The molecule has 0 radical (unpaired) electrons. The number of benzene rings is 1. The van der Waals surface area contributed by atoms with E-state index in [0.717, 1.165) is 0 Å². The van der Waals surface area contributed by atoms with Crippen LogP contribution in [0.2, 0.25) is 0 Å². The normalized spacial score (nSPS) is 18.8. The van der Waals surface area contributed by atoms with E-state index in [-0.39, 0.29) is 48.5 Å². The molecule has 5 heterocycles. The highest BCUT2D eigenvalue weighted by molar-refractivity contribution is 6.10. The molecule has 13 heteroatoms. The Bertz CT molecular complexity index is 1630. The number of amides is 3. The van der Waals surface area contributed by atoms with E-state index in [1.54, 1.807) is 24.3 Å². The zero-order valence-corrected chi connectivity index (χ0v) is 20.3. The van der Waals surface area contributed by atoms with Crippen molar-refractivity contribution in [1.29, 1.82) is 0 Å². The molecule has 2 aliphatic rings. The minimum Gasteiger partial charge on any atom is -0.494 e. The number of aromatic nitrogens is 3. The quantitative estimate of drug-likeness (QED) is 0.347. The molecule has 1 fully saturated rings. The molecule has 2 N–H and O–H groups in total. The van der Waals surface area contributed by atoms with Crippen molar-refractivity contribution in [3.8, 4) is 17.3 Å². The van der Waals surface area contributed by atoms with Crippen molar-refractivity contribution in [2.45, 2.75) is 25.3 Å². The van der Waals surface area contributed by atoms with Gasteiger partial charge in [0.2, 0.25) is 11.8 Å². The van der Waals surface area contributed by atoms with Gasteiger partial charge < -0.3 is 23.8 Å². The minimum absolute atomic E-state index is 0.0551. The van der Waals surface area contributed by atoms with Gasteiger partial charge in [-0.25, -0.2) is 9.37 Å². The van der Waals surface area contributed by atoms with Crippen molar-refractivity contribution in [2.75, 3.05) is 25.5 Å². The Morgan fingerprint density at radius 1 is 1.18 bits per heavy atom. The Balaban J connectivity index is 1.36. The second-order valence-corrected chi connectivity index (χ2v) is 9.05. The number of anilines is 1. The summed E-state index contributed by atoms with van der Waals surface area (Å²) < 4.78 is 31.4. The fourth-order valence-electron chi connectivity index (χ4n) is 4.88. The summed E-state index contributed by atoms with van der Waals surface area (Å²) in [6, 6.07) is 8.12. The van der Waals surface area contributed by atoms with Crippen LogP contribution >= 0.6 is 0 Å². The minimum atomic E-state index is -1.53. The maximum atomic E-state index is 14.9.